The van der Waals surface area contributed by atoms with Crippen LogP contribution in [-0.4, -0.2) is 14.8 Å². The third kappa shape index (κ3) is 1.83. The quantitative estimate of drug-likeness (QED) is 0.674. The minimum atomic E-state index is 0.871. The Morgan fingerprint density at radius 3 is 2.40 bits per heavy atom. The van der Waals surface area contributed by atoms with Gasteiger partial charge in [-0.25, -0.2) is 0 Å². The van der Waals surface area contributed by atoms with Gasteiger partial charge in [-0.05, 0) is 17.5 Å². The lowest BCUT2D eigenvalue weighted by molar-refractivity contribution is 0.686. The summed E-state index contributed by atoms with van der Waals surface area (Å²) in [4.78, 5) is 0. The van der Waals surface area contributed by atoms with Crippen molar-refractivity contribution in [2.75, 3.05) is 0 Å². The van der Waals surface area contributed by atoms with Gasteiger partial charge in [-0.15, -0.1) is 10.2 Å². The van der Waals surface area contributed by atoms with E-state index in [0.717, 1.165) is 36.6 Å². The summed E-state index contributed by atoms with van der Waals surface area (Å²) in [6, 6.07) is 18.9. The average Bonchev–Trinajstić information content (AvgIpc) is 2.81. The standard InChI is InChI=1S/C17H15N3/c1-2-7-14(8-3-1)17-19-18-16-12-15-9-5-4-6-13(15)10-11-20(16)17/h1-9H,10-12H2. The Kier molecular flexibility index (Phi) is 2.62. The van der Waals surface area contributed by atoms with E-state index in [4.69, 9.17) is 0 Å². The van der Waals surface area contributed by atoms with Gasteiger partial charge in [0.25, 0.3) is 0 Å². The second-order valence-electron chi connectivity index (χ2n) is 5.15. The number of fused-ring (bicyclic) bond motifs is 2. The lowest BCUT2D eigenvalue weighted by Crippen LogP contribution is -2.04. The third-order valence-corrected chi connectivity index (χ3v) is 3.93. The summed E-state index contributed by atoms with van der Waals surface area (Å²) >= 11 is 0. The van der Waals surface area contributed by atoms with Crippen molar-refractivity contribution in [2.45, 2.75) is 19.4 Å². The molecule has 20 heavy (non-hydrogen) atoms. The molecule has 3 aromatic rings. The van der Waals surface area contributed by atoms with Crippen LogP contribution in [0.1, 0.15) is 17.0 Å². The molecular weight excluding hydrogens is 246 g/mol. The van der Waals surface area contributed by atoms with Crippen LogP contribution in [-0.2, 0) is 19.4 Å². The molecule has 2 aromatic carbocycles. The molecule has 0 atom stereocenters. The highest BCUT2D eigenvalue weighted by Crippen LogP contribution is 2.24. The first-order chi connectivity index (χ1) is 9.92. The molecule has 1 aliphatic heterocycles. The fourth-order valence-electron chi connectivity index (χ4n) is 2.88. The lowest BCUT2D eigenvalue weighted by atomic mass is 10.0. The lowest BCUT2D eigenvalue weighted by Gasteiger charge is -2.06. The molecule has 0 fully saturated rings. The second-order valence-corrected chi connectivity index (χ2v) is 5.15. The normalized spacial score (nSPS) is 13.4. The van der Waals surface area contributed by atoms with Crippen molar-refractivity contribution >= 4 is 0 Å². The number of rotatable bonds is 1. The van der Waals surface area contributed by atoms with Crippen molar-refractivity contribution in [3.05, 3.63) is 71.5 Å². The predicted molar refractivity (Wildman–Crippen MR) is 78.4 cm³/mol. The number of hydrogen-bond donors (Lipinski definition) is 0. The van der Waals surface area contributed by atoms with E-state index >= 15 is 0 Å². The van der Waals surface area contributed by atoms with Crippen LogP contribution < -0.4 is 0 Å². The maximum absolute atomic E-state index is 4.40. The van der Waals surface area contributed by atoms with Gasteiger partial charge in [0.2, 0.25) is 0 Å². The zero-order valence-electron chi connectivity index (χ0n) is 11.2. The molecule has 0 bridgehead atoms. The number of aromatic nitrogens is 3. The molecule has 3 heteroatoms. The van der Waals surface area contributed by atoms with Crippen molar-refractivity contribution < 1.29 is 0 Å². The first-order valence-corrected chi connectivity index (χ1v) is 6.96. The zero-order valence-corrected chi connectivity index (χ0v) is 11.2. The third-order valence-electron chi connectivity index (χ3n) is 3.93. The molecule has 3 nitrogen and oxygen atoms in total. The van der Waals surface area contributed by atoms with Crippen LogP contribution in [0.2, 0.25) is 0 Å². The molecule has 98 valence electrons. The summed E-state index contributed by atoms with van der Waals surface area (Å²) < 4.78 is 2.26. The molecule has 0 saturated heterocycles. The van der Waals surface area contributed by atoms with Crippen LogP contribution in [0.15, 0.2) is 54.6 Å². The molecule has 0 radical (unpaired) electrons. The fourth-order valence-corrected chi connectivity index (χ4v) is 2.88. The molecule has 0 aliphatic carbocycles. The predicted octanol–water partition coefficient (Wildman–Crippen LogP) is 3.09. The van der Waals surface area contributed by atoms with Gasteiger partial charge in [0.15, 0.2) is 5.82 Å². The van der Waals surface area contributed by atoms with E-state index in [-0.39, 0.29) is 0 Å². The second kappa shape index (κ2) is 4.60. The van der Waals surface area contributed by atoms with Crippen molar-refractivity contribution in [3.63, 3.8) is 0 Å². The molecule has 0 saturated carbocycles. The number of hydrogen-bond acceptors (Lipinski definition) is 2. The highest BCUT2D eigenvalue weighted by molar-refractivity contribution is 5.55. The molecule has 0 N–H and O–H groups in total. The van der Waals surface area contributed by atoms with E-state index in [1.807, 2.05) is 18.2 Å². The van der Waals surface area contributed by atoms with E-state index in [1.165, 1.54) is 11.1 Å². The molecule has 2 heterocycles. The van der Waals surface area contributed by atoms with Crippen LogP contribution in [0, 0.1) is 0 Å². The molecular formula is C17H15N3. The first kappa shape index (κ1) is 11.4. The Morgan fingerprint density at radius 1 is 0.800 bits per heavy atom. The topological polar surface area (TPSA) is 30.7 Å². The van der Waals surface area contributed by atoms with Crippen LogP contribution in [0.4, 0.5) is 0 Å². The van der Waals surface area contributed by atoms with Crippen LogP contribution >= 0.6 is 0 Å². The fraction of sp³-hybridized carbons (Fsp3) is 0.176. The van der Waals surface area contributed by atoms with E-state index < -0.39 is 0 Å². The van der Waals surface area contributed by atoms with E-state index in [9.17, 15) is 0 Å². The summed E-state index contributed by atoms with van der Waals surface area (Å²) in [5.74, 6) is 2.04. The minimum absolute atomic E-state index is 0.871. The SMILES string of the molecule is c1ccc(-c2nnc3n2CCc2ccccc2C3)cc1. The first-order valence-electron chi connectivity index (χ1n) is 6.96. The van der Waals surface area contributed by atoms with Crippen molar-refractivity contribution in [1.82, 2.24) is 14.8 Å². The summed E-state index contributed by atoms with van der Waals surface area (Å²) in [5, 5.41) is 8.80. The van der Waals surface area contributed by atoms with Gasteiger partial charge in [-0.1, -0.05) is 54.6 Å². The van der Waals surface area contributed by atoms with E-state index in [2.05, 4.69) is 51.2 Å². The van der Waals surface area contributed by atoms with E-state index in [0.29, 0.717) is 0 Å². The highest BCUT2D eigenvalue weighted by Gasteiger charge is 2.18. The van der Waals surface area contributed by atoms with Crippen LogP contribution in [0.5, 0.6) is 0 Å². The number of nitrogens with zero attached hydrogens (tertiary/aromatic N) is 3. The smallest absolute Gasteiger partial charge is 0.163 e. The van der Waals surface area contributed by atoms with Crippen molar-refractivity contribution in [1.29, 1.82) is 0 Å². The van der Waals surface area contributed by atoms with Gasteiger partial charge in [0.1, 0.15) is 5.82 Å². The van der Waals surface area contributed by atoms with Gasteiger partial charge in [-0.2, -0.15) is 0 Å². The largest absolute Gasteiger partial charge is 0.310 e. The molecule has 0 spiro atoms. The molecule has 1 aliphatic rings. The van der Waals surface area contributed by atoms with E-state index in [1.54, 1.807) is 0 Å². The molecule has 0 unspecified atom stereocenters. The van der Waals surface area contributed by atoms with Gasteiger partial charge >= 0.3 is 0 Å². The molecule has 4 rings (SSSR count). The number of aryl methyl sites for hydroxylation is 1. The average molecular weight is 261 g/mol. The van der Waals surface area contributed by atoms with Gasteiger partial charge in [-0.3, -0.25) is 0 Å². The number of benzene rings is 2. The van der Waals surface area contributed by atoms with Gasteiger partial charge < -0.3 is 4.57 Å². The monoisotopic (exact) mass is 261 g/mol. The Hall–Kier alpha value is -2.42. The minimum Gasteiger partial charge on any atom is -0.310 e. The van der Waals surface area contributed by atoms with Crippen LogP contribution in [0.3, 0.4) is 0 Å². The van der Waals surface area contributed by atoms with Crippen molar-refractivity contribution in [3.8, 4) is 11.4 Å². The summed E-state index contributed by atoms with van der Waals surface area (Å²) in [6.45, 7) is 0.948. The highest BCUT2D eigenvalue weighted by atomic mass is 15.3. The molecule has 1 aromatic heterocycles. The Balaban J connectivity index is 1.79. The maximum Gasteiger partial charge on any atom is 0.163 e. The molecule has 0 amide bonds. The van der Waals surface area contributed by atoms with Crippen molar-refractivity contribution in [2.24, 2.45) is 0 Å². The Morgan fingerprint density at radius 2 is 1.55 bits per heavy atom. The zero-order chi connectivity index (χ0) is 13.4. The summed E-state index contributed by atoms with van der Waals surface area (Å²) in [7, 11) is 0. The van der Waals surface area contributed by atoms with Gasteiger partial charge in [0.05, 0.1) is 0 Å². The maximum atomic E-state index is 4.40. The summed E-state index contributed by atoms with van der Waals surface area (Å²) in [5.41, 5.74) is 3.94. The Labute approximate surface area is 117 Å². The Bertz CT molecular complexity index is 744. The van der Waals surface area contributed by atoms with Crippen LogP contribution in [0.25, 0.3) is 11.4 Å². The van der Waals surface area contributed by atoms with Gasteiger partial charge in [0, 0.05) is 18.5 Å². The summed E-state index contributed by atoms with van der Waals surface area (Å²) in [6.07, 6.45) is 1.91.